The van der Waals surface area contributed by atoms with Crippen LogP contribution in [-0.4, -0.2) is 18.1 Å². The summed E-state index contributed by atoms with van der Waals surface area (Å²) < 4.78 is 29.8. The minimum Gasteiger partial charge on any atom is -0.469 e. The van der Waals surface area contributed by atoms with Crippen molar-refractivity contribution in [3.8, 4) is 6.07 Å². The van der Waals surface area contributed by atoms with E-state index in [1.54, 1.807) is 6.07 Å². The van der Waals surface area contributed by atoms with Gasteiger partial charge in [-0.2, -0.15) is 5.26 Å². The number of carbonyl (C=O) groups excluding carboxylic acids is 1. The summed E-state index contributed by atoms with van der Waals surface area (Å²) >= 11 is 5.63. The zero-order chi connectivity index (χ0) is 13.7. The van der Waals surface area contributed by atoms with Crippen molar-refractivity contribution in [2.45, 2.75) is 18.7 Å². The Kier molecular flexibility index (Phi) is 4.98. The number of methoxy groups -OCH3 is 1. The summed E-state index contributed by atoms with van der Waals surface area (Å²) in [5.41, 5.74) is -0.393. The molecule has 4 nitrogen and oxygen atoms in total. The first-order chi connectivity index (χ1) is 8.54. The second-order valence-electron chi connectivity index (χ2n) is 3.31. The number of hydrogen-bond donors (Lipinski definition) is 0. The molecular weight excluding hydrogens is 266 g/mol. The van der Waals surface area contributed by atoms with Crippen LogP contribution in [0.5, 0.6) is 0 Å². The molecule has 1 aromatic rings. The van der Waals surface area contributed by atoms with Crippen LogP contribution < -0.4 is 0 Å². The van der Waals surface area contributed by atoms with Crippen molar-refractivity contribution in [2.24, 2.45) is 0 Å². The first kappa shape index (κ1) is 14.3. The third kappa shape index (κ3) is 2.93. The molecule has 7 heteroatoms. The Morgan fingerprint density at radius 1 is 1.67 bits per heavy atom. The number of esters is 1. The van der Waals surface area contributed by atoms with Gasteiger partial charge in [0.1, 0.15) is 6.07 Å². The predicted octanol–water partition coefficient (Wildman–Crippen LogP) is 2.35. The number of hydrogen-bond acceptors (Lipinski definition) is 4. The topological polar surface area (TPSA) is 63.0 Å². The highest BCUT2D eigenvalue weighted by Crippen LogP contribution is 2.27. The summed E-state index contributed by atoms with van der Waals surface area (Å²) in [7, 11) is 1.20. The Bertz CT molecular complexity index is 501. The zero-order valence-electron chi connectivity index (χ0n) is 9.41. The predicted molar refractivity (Wildman–Crippen MR) is 59.2 cm³/mol. The number of nitrogens with zero attached hydrogens (tertiary/aromatic N) is 2. The fourth-order valence-electron chi connectivity index (χ4n) is 1.41. The van der Waals surface area contributed by atoms with Crippen LogP contribution in [0.2, 0.25) is 0 Å². The molecule has 0 atom stereocenters. The molecule has 0 spiro atoms. The van der Waals surface area contributed by atoms with E-state index in [0.29, 0.717) is 0 Å². The second-order valence-corrected chi connectivity index (χ2v) is 3.58. The van der Waals surface area contributed by atoms with Crippen molar-refractivity contribution in [3.63, 3.8) is 0 Å². The zero-order valence-corrected chi connectivity index (χ0v) is 10.2. The van der Waals surface area contributed by atoms with Crippen LogP contribution in [0, 0.1) is 11.3 Å². The largest absolute Gasteiger partial charge is 0.469 e. The van der Waals surface area contributed by atoms with Crippen LogP contribution in [0.1, 0.15) is 28.8 Å². The smallest absolute Gasteiger partial charge is 0.311 e. The van der Waals surface area contributed by atoms with Crippen molar-refractivity contribution in [3.05, 3.63) is 28.6 Å². The van der Waals surface area contributed by atoms with E-state index in [2.05, 4.69) is 9.72 Å². The maximum Gasteiger partial charge on any atom is 0.311 e. The molecule has 1 aromatic heterocycles. The van der Waals surface area contributed by atoms with Gasteiger partial charge >= 0.3 is 5.97 Å². The average molecular weight is 275 g/mol. The van der Waals surface area contributed by atoms with E-state index in [1.165, 1.54) is 7.11 Å². The monoisotopic (exact) mass is 274 g/mol. The van der Waals surface area contributed by atoms with Crippen molar-refractivity contribution >= 4 is 17.6 Å². The van der Waals surface area contributed by atoms with Crippen LogP contribution in [0.3, 0.4) is 0 Å². The van der Waals surface area contributed by atoms with Crippen LogP contribution >= 0.6 is 11.6 Å². The van der Waals surface area contributed by atoms with E-state index in [4.69, 9.17) is 16.9 Å². The Hall–Kier alpha value is -1.74. The highest BCUT2D eigenvalue weighted by molar-refractivity contribution is 6.17. The number of pyridine rings is 1. The number of alkyl halides is 3. The van der Waals surface area contributed by atoms with Gasteiger partial charge in [0.2, 0.25) is 0 Å². The summed E-state index contributed by atoms with van der Waals surface area (Å²) in [4.78, 5) is 14.9. The second kappa shape index (κ2) is 6.26. The van der Waals surface area contributed by atoms with Gasteiger partial charge in [0, 0.05) is 11.8 Å². The van der Waals surface area contributed by atoms with Gasteiger partial charge in [-0.15, -0.1) is 11.6 Å². The normalized spacial score (nSPS) is 10.2. The maximum atomic E-state index is 12.7. The van der Waals surface area contributed by atoms with Gasteiger partial charge in [-0.05, 0) is 0 Å². The molecule has 96 valence electrons. The average Bonchev–Trinajstić information content (AvgIpc) is 2.37. The van der Waals surface area contributed by atoms with Gasteiger partial charge in [0.05, 0.1) is 36.2 Å². The molecule has 0 aromatic carbocycles. The molecule has 0 aliphatic heterocycles. The van der Waals surface area contributed by atoms with Crippen molar-refractivity contribution < 1.29 is 18.3 Å². The van der Waals surface area contributed by atoms with E-state index in [1.807, 2.05) is 0 Å². The SMILES string of the molecule is COC(=O)Cc1ncc(C(F)F)c(C#N)c1CCl. The lowest BCUT2D eigenvalue weighted by atomic mass is 10.0. The lowest BCUT2D eigenvalue weighted by molar-refractivity contribution is -0.139. The number of rotatable bonds is 4. The molecule has 0 fully saturated rings. The molecule has 0 saturated heterocycles. The summed E-state index contributed by atoms with van der Waals surface area (Å²) in [6.07, 6.45) is -2.14. The Labute approximate surface area is 107 Å². The number of carbonyl (C=O) groups is 1. The summed E-state index contributed by atoms with van der Waals surface area (Å²) in [5.74, 6) is -0.759. The molecule has 0 aliphatic carbocycles. The minimum absolute atomic E-state index is 0.141. The first-order valence-electron chi connectivity index (χ1n) is 4.86. The summed E-state index contributed by atoms with van der Waals surface area (Å²) in [5, 5.41) is 8.91. The molecule has 0 saturated carbocycles. The van der Waals surface area contributed by atoms with Gasteiger partial charge in [-0.1, -0.05) is 0 Å². The summed E-state index contributed by atoms with van der Waals surface area (Å²) in [6, 6.07) is 1.67. The van der Waals surface area contributed by atoms with Crippen LogP contribution in [0.4, 0.5) is 8.78 Å². The fraction of sp³-hybridized carbons (Fsp3) is 0.364. The summed E-state index contributed by atoms with van der Waals surface area (Å²) in [6.45, 7) is 0. The first-order valence-corrected chi connectivity index (χ1v) is 5.40. The molecule has 0 aliphatic rings. The standard InChI is InChI=1S/C11H9ClF2N2O2/c1-18-10(17)2-9-6(3-12)7(4-15)8(5-16-9)11(13)14/h5,11H,2-3H2,1H3. The van der Waals surface area contributed by atoms with Crippen molar-refractivity contribution in [2.75, 3.05) is 7.11 Å². The maximum absolute atomic E-state index is 12.7. The van der Waals surface area contributed by atoms with Gasteiger partial charge in [0.15, 0.2) is 0 Å². The van der Waals surface area contributed by atoms with Crippen LogP contribution in [0.15, 0.2) is 6.20 Å². The molecule has 0 unspecified atom stereocenters. The highest BCUT2D eigenvalue weighted by atomic mass is 35.5. The van der Waals surface area contributed by atoms with E-state index < -0.39 is 18.0 Å². The molecule has 0 N–H and O–H groups in total. The van der Waals surface area contributed by atoms with Crippen molar-refractivity contribution in [1.29, 1.82) is 5.26 Å². The van der Waals surface area contributed by atoms with E-state index in [9.17, 15) is 13.6 Å². The number of halogens is 3. The molecule has 0 amide bonds. The number of aromatic nitrogens is 1. The molecular formula is C11H9ClF2N2O2. The lowest BCUT2D eigenvalue weighted by Gasteiger charge is -2.10. The van der Waals surface area contributed by atoms with Gasteiger partial charge in [-0.3, -0.25) is 9.78 Å². The number of ether oxygens (including phenoxy) is 1. The quantitative estimate of drug-likeness (QED) is 0.624. The van der Waals surface area contributed by atoms with E-state index in [0.717, 1.165) is 6.20 Å². The minimum atomic E-state index is -2.82. The molecule has 18 heavy (non-hydrogen) atoms. The highest BCUT2D eigenvalue weighted by Gasteiger charge is 2.21. The molecule has 0 bridgehead atoms. The Balaban J connectivity index is 3.31. The molecule has 1 rings (SSSR count). The Morgan fingerprint density at radius 2 is 2.33 bits per heavy atom. The number of nitriles is 1. The van der Waals surface area contributed by atoms with Gasteiger partial charge in [-0.25, -0.2) is 8.78 Å². The Morgan fingerprint density at radius 3 is 2.78 bits per heavy atom. The van der Waals surface area contributed by atoms with Gasteiger partial charge in [0.25, 0.3) is 6.43 Å². The molecule has 1 heterocycles. The third-order valence-electron chi connectivity index (χ3n) is 2.32. The lowest BCUT2D eigenvalue weighted by Crippen LogP contribution is -2.11. The fourth-order valence-corrected chi connectivity index (χ4v) is 1.70. The van der Waals surface area contributed by atoms with Crippen LogP contribution in [-0.2, 0) is 21.8 Å². The van der Waals surface area contributed by atoms with Crippen molar-refractivity contribution in [1.82, 2.24) is 4.98 Å². The van der Waals surface area contributed by atoms with Gasteiger partial charge < -0.3 is 4.74 Å². The van der Waals surface area contributed by atoms with E-state index in [-0.39, 0.29) is 29.1 Å². The van der Waals surface area contributed by atoms with E-state index >= 15 is 0 Å². The third-order valence-corrected chi connectivity index (χ3v) is 2.59. The molecule has 0 radical (unpaired) electrons. The van der Waals surface area contributed by atoms with Crippen LogP contribution in [0.25, 0.3) is 0 Å².